The van der Waals surface area contributed by atoms with Gasteiger partial charge in [-0.2, -0.15) is 0 Å². The van der Waals surface area contributed by atoms with Crippen molar-refractivity contribution in [2.24, 2.45) is 0 Å². The van der Waals surface area contributed by atoms with Gasteiger partial charge in [-0.25, -0.2) is 9.78 Å². The molecule has 2 aromatic carbocycles. The first-order valence-electron chi connectivity index (χ1n) is 10.7. The average Bonchev–Trinajstić information content (AvgIpc) is 3.29. The molecule has 0 unspecified atom stereocenters. The second kappa shape index (κ2) is 9.29. The molecule has 0 saturated carbocycles. The smallest absolute Gasteiger partial charge is 0.339 e. The van der Waals surface area contributed by atoms with Gasteiger partial charge in [-0.15, -0.1) is 11.3 Å². The first kappa shape index (κ1) is 21.6. The fraction of sp³-hybridized carbons (Fsp3) is 0.200. The third-order valence-electron chi connectivity index (χ3n) is 5.60. The van der Waals surface area contributed by atoms with Crippen molar-refractivity contribution in [3.05, 3.63) is 75.8 Å². The first-order chi connectivity index (χ1) is 16.1. The Morgan fingerprint density at radius 1 is 1.03 bits per heavy atom. The van der Waals surface area contributed by atoms with Gasteiger partial charge in [0.15, 0.2) is 11.7 Å². The molecular formula is C25H20ClN3O3S. The van der Waals surface area contributed by atoms with Crippen molar-refractivity contribution in [1.29, 1.82) is 0 Å². The fourth-order valence-corrected chi connectivity index (χ4v) is 4.91. The highest BCUT2D eigenvalue weighted by molar-refractivity contribution is 7.14. The molecule has 1 aliphatic rings. The predicted octanol–water partition coefficient (Wildman–Crippen LogP) is 5.69. The number of carbonyl (C=O) groups is 2. The van der Waals surface area contributed by atoms with Crippen LogP contribution < -0.4 is 5.32 Å². The number of benzene rings is 2. The van der Waals surface area contributed by atoms with Gasteiger partial charge in [0.25, 0.3) is 5.91 Å². The number of hydrogen-bond acceptors (Lipinski definition) is 6. The summed E-state index contributed by atoms with van der Waals surface area (Å²) in [5, 5.41) is 6.39. The van der Waals surface area contributed by atoms with Gasteiger partial charge in [0.1, 0.15) is 0 Å². The number of hydrogen-bond donors (Lipinski definition) is 1. The zero-order chi connectivity index (χ0) is 22.8. The zero-order valence-electron chi connectivity index (χ0n) is 17.6. The van der Waals surface area contributed by atoms with E-state index in [1.54, 1.807) is 12.1 Å². The number of aromatic nitrogens is 2. The van der Waals surface area contributed by atoms with Crippen LogP contribution in [0.4, 0.5) is 5.13 Å². The molecule has 4 aromatic rings. The molecule has 2 aromatic heterocycles. The minimum absolute atomic E-state index is 0.389. The van der Waals surface area contributed by atoms with E-state index in [-0.39, 0.29) is 6.61 Å². The Morgan fingerprint density at radius 2 is 1.82 bits per heavy atom. The fourth-order valence-electron chi connectivity index (χ4n) is 4.05. The van der Waals surface area contributed by atoms with E-state index in [0.717, 1.165) is 59.1 Å². The Morgan fingerprint density at radius 3 is 2.67 bits per heavy atom. The number of thiazole rings is 1. The van der Waals surface area contributed by atoms with E-state index in [4.69, 9.17) is 21.3 Å². The van der Waals surface area contributed by atoms with Gasteiger partial charge in [0.05, 0.1) is 16.8 Å². The van der Waals surface area contributed by atoms with Crippen LogP contribution in [0.1, 0.15) is 34.5 Å². The van der Waals surface area contributed by atoms with Gasteiger partial charge in [-0.1, -0.05) is 41.9 Å². The SMILES string of the molecule is O=C(COC(=O)c1c2c(nc3ccccc13)CCCC2)Nc1nc(-c2ccc(Cl)cc2)cs1. The van der Waals surface area contributed by atoms with Gasteiger partial charge in [0, 0.05) is 27.0 Å². The first-order valence-corrected chi connectivity index (χ1v) is 11.9. The molecule has 0 radical (unpaired) electrons. The van der Waals surface area contributed by atoms with Gasteiger partial charge in [0.2, 0.25) is 0 Å². The van der Waals surface area contributed by atoms with Crippen molar-refractivity contribution in [2.45, 2.75) is 25.7 Å². The largest absolute Gasteiger partial charge is 0.452 e. The summed E-state index contributed by atoms with van der Waals surface area (Å²) >= 11 is 7.23. The number of ether oxygens (including phenoxy) is 1. The topological polar surface area (TPSA) is 81.2 Å². The minimum Gasteiger partial charge on any atom is -0.452 e. The lowest BCUT2D eigenvalue weighted by Crippen LogP contribution is -2.22. The molecule has 0 aliphatic heterocycles. The van der Waals surface area contributed by atoms with Crippen molar-refractivity contribution in [2.75, 3.05) is 11.9 Å². The van der Waals surface area contributed by atoms with Crippen LogP contribution in [0.2, 0.25) is 5.02 Å². The van der Waals surface area contributed by atoms with Gasteiger partial charge in [-0.3, -0.25) is 15.1 Å². The molecule has 2 heterocycles. The lowest BCUT2D eigenvalue weighted by atomic mass is 9.90. The second-order valence-corrected chi connectivity index (χ2v) is 9.10. The maximum atomic E-state index is 13.1. The maximum absolute atomic E-state index is 13.1. The van der Waals surface area contributed by atoms with Crippen molar-refractivity contribution in [3.8, 4) is 11.3 Å². The molecular weight excluding hydrogens is 458 g/mol. The number of aryl methyl sites for hydroxylation is 1. The number of nitrogens with zero attached hydrogens (tertiary/aromatic N) is 2. The number of halogens is 1. The average molecular weight is 478 g/mol. The number of fused-ring (bicyclic) bond motifs is 2. The minimum atomic E-state index is -0.497. The van der Waals surface area contributed by atoms with Crippen LogP contribution in [-0.4, -0.2) is 28.5 Å². The quantitative estimate of drug-likeness (QED) is 0.373. The van der Waals surface area contributed by atoms with E-state index in [9.17, 15) is 9.59 Å². The third kappa shape index (κ3) is 4.60. The van der Waals surface area contributed by atoms with Crippen LogP contribution in [0.5, 0.6) is 0 Å². The van der Waals surface area contributed by atoms with E-state index in [1.165, 1.54) is 11.3 Å². The summed E-state index contributed by atoms with van der Waals surface area (Å²) in [7, 11) is 0. The highest BCUT2D eigenvalue weighted by atomic mass is 35.5. The lowest BCUT2D eigenvalue weighted by molar-refractivity contribution is -0.119. The number of rotatable bonds is 5. The highest BCUT2D eigenvalue weighted by Crippen LogP contribution is 2.30. The van der Waals surface area contributed by atoms with Crippen LogP contribution in [0.25, 0.3) is 22.2 Å². The molecule has 1 aliphatic carbocycles. The van der Waals surface area contributed by atoms with E-state index >= 15 is 0 Å². The monoisotopic (exact) mass is 477 g/mol. The van der Waals surface area contributed by atoms with Crippen molar-refractivity contribution in [3.63, 3.8) is 0 Å². The van der Waals surface area contributed by atoms with E-state index in [0.29, 0.717) is 15.7 Å². The van der Waals surface area contributed by atoms with Crippen molar-refractivity contribution in [1.82, 2.24) is 9.97 Å². The molecule has 0 spiro atoms. The van der Waals surface area contributed by atoms with Crippen LogP contribution in [-0.2, 0) is 22.4 Å². The van der Waals surface area contributed by atoms with Crippen molar-refractivity contribution < 1.29 is 14.3 Å². The summed E-state index contributed by atoms with van der Waals surface area (Å²) in [4.78, 5) is 34.7. The lowest BCUT2D eigenvalue weighted by Gasteiger charge is -2.19. The van der Waals surface area contributed by atoms with Gasteiger partial charge >= 0.3 is 5.97 Å². The number of amides is 1. The molecule has 1 N–H and O–H groups in total. The second-order valence-electron chi connectivity index (χ2n) is 7.81. The van der Waals surface area contributed by atoms with Gasteiger partial charge < -0.3 is 4.74 Å². The Hall–Kier alpha value is -3.29. The molecule has 8 heteroatoms. The summed E-state index contributed by atoms with van der Waals surface area (Å²) in [6.45, 7) is -0.389. The molecule has 0 atom stereocenters. The molecule has 1 amide bonds. The highest BCUT2D eigenvalue weighted by Gasteiger charge is 2.24. The molecule has 0 saturated heterocycles. The molecule has 33 heavy (non-hydrogen) atoms. The molecule has 5 rings (SSSR count). The Labute approximate surface area is 199 Å². The predicted molar refractivity (Wildman–Crippen MR) is 130 cm³/mol. The van der Waals surface area contributed by atoms with Crippen LogP contribution >= 0.6 is 22.9 Å². The van der Waals surface area contributed by atoms with E-state index in [1.807, 2.05) is 41.8 Å². The summed E-state index contributed by atoms with van der Waals surface area (Å²) in [6.07, 6.45) is 3.70. The molecule has 0 fully saturated rings. The molecule has 0 bridgehead atoms. The molecule has 166 valence electrons. The zero-order valence-corrected chi connectivity index (χ0v) is 19.2. The number of carbonyl (C=O) groups excluding carboxylic acids is 2. The number of esters is 1. The third-order valence-corrected chi connectivity index (χ3v) is 6.61. The normalized spacial score (nSPS) is 12.9. The number of para-hydroxylation sites is 1. The Balaban J connectivity index is 1.29. The standard InChI is InChI=1S/C25H20ClN3O3S/c26-16-11-9-15(10-12-16)21-14-33-25(28-21)29-22(30)13-32-24(31)23-17-5-1-3-7-19(17)27-20-8-4-2-6-18(20)23/h1,3,5,7,9-12,14H,2,4,6,8,13H2,(H,28,29,30). The number of anilines is 1. The van der Waals surface area contributed by atoms with E-state index in [2.05, 4.69) is 10.3 Å². The number of pyridine rings is 1. The van der Waals surface area contributed by atoms with E-state index < -0.39 is 11.9 Å². The summed E-state index contributed by atoms with van der Waals surface area (Å²) in [6, 6.07) is 14.9. The summed E-state index contributed by atoms with van der Waals surface area (Å²) < 4.78 is 5.42. The Bertz CT molecular complexity index is 1350. The van der Waals surface area contributed by atoms with Crippen molar-refractivity contribution >= 4 is 50.8 Å². The van der Waals surface area contributed by atoms with Gasteiger partial charge in [-0.05, 0) is 49.4 Å². The summed E-state index contributed by atoms with van der Waals surface area (Å²) in [5.74, 6) is -0.935. The summed E-state index contributed by atoms with van der Waals surface area (Å²) in [5.41, 5.74) is 4.83. The number of nitrogens with one attached hydrogen (secondary N) is 1. The maximum Gasteiger partial charge on any atom is 0.339 e. The van der Waals surface area contributed by atoms with Crippen LogP contribution in [0.3, 0.4) is 0 Å². The van der Waals surface area contributed by atoms with Crippen LogP contribution in [0.15, 0.2) is 53.9 Å². The molecule has 6 nitrogen and oxygen atoms in total. The van der Waals surface area contributed by atoms with Crippen LogP contribution in [0, 0.1) is 0 Å². The Kier molecular flexibility index (Phi) is 6.07.